The third-order valence-electron chi connectivity index (χ3n) is 5.01. The lowest BCUT2D eigenvalue weighted by molar-refractivity contribution is -0.385. The van der Waals surface area contributed by atoms with E-state index in [1.807, 2.05) is 0 Å². The predicted octanol–water partition coefficient (Wildman–Crippen LogP) is 4.71. The van der Waals surface area contributed by atoms with Gasteiger partial charge in [-0.25, -0.2) is 4.98 Å². The topological polar surface area (TPSA) is 123 Å². The van der Waals surface area contributed by atoms with Crippen LogP contribution >= 0.6 is 15.9 Å². The van der Waals surface area contributed by atoms with E-state index in [4.69, 9.17) is 4.74 Å². The lowest BCUT2D eigenvalue weighted by Gasteiger charge is -2.11. The van der Waals surface area contributed by atoms with E-state index in [1.54, 1.807) is 55.5 Å². The lowest BCUT2D eigenvalue weighted by atomic mass is 10.1. The van der Waals surface area contributed by atoms with Gasteiger partial charge in [-0.15, -0.1) is 0 Å². The average Bonchev–Trinajstić information content (AvgIpc) is 2.83. The van der Waals surface area contributed by atoms with Crippen LogP contribution in [0.3, 0.4) is 0 Å². The quantitative estimate of drug-likeness (QED) is 0.207. The largest absolute Gasteiger partial charge is 0.481 e. The number of nitro groups is 1. The summed E-state index contributed by atoms with van der Waals surface area (Å²) in [6.07, 6.45) is 1.32. The molecule has 0 aliphatic heterocycles. The Labute approximate surface area is 201 Å². The van der Waals surface area contributed by atoms with Gasteiger partial charge in [-0.05, 0) is 37.3 Å². The Bertz CT molecular complexity index is 1560. The van der Waals surface area contributed by atoms with E-state index in [0.717, 1.165) is 9.15 Å². The molecule has 4 rings (SSSR count). The molecule has 0 spiro atoms. The molecule has 0 radical (unpaired) electrons. The Kier molecular flexibility index (Phi) is 6.47. The minimum Gasteiger partial charge on any atom is -0.481 e. The van der Waals surface area contributed by atoms with Crippen LogP contribution in [0.2, 0.25) is 0 Å². The fourth-order valence-corrected chi connectivity index (χ4v) is 3.73. The van der Waals surface area contributed by atoms with Gasteiger partial charge in [0.05, 0.1) is 33.7 Å². The molecule has 0 aliphatic carbocycles. The van der Waals surface area contributed by atoms with Crippen LogP contribution in [0.1, 0.15) is 22.5 Å². The van der Waals surface area contributed by atoms with E-state index in [1.165, 1.54) is 18.3 Å². The first-order valence-electron chi connectivity index (χ1n) is 10.0. The molecule has 1 heterocycles. The van der Waals surface area contributed by atoms with Crippen molar-refractivity contribution in [2.24, 2.45) is 5.10 Å². The molecule has 0 amide bonds. The SMILES string of the molecule is Cc1nc2ccc(Br)cc2c(=O)n1N=Cc1cccc([N+](=O)[O-])c1OCc1ccccc1C#N. The number of aromatic nitrogens is 2. The summed E-state index contributed by atoms with van der Waals surface area (Å²) in [6, 6.07) is 18.5. The number of nitriles is 1. The van der Waals surface area contributed by atoms with Crippen molar-refractivity contribution in [1.29, 1.82) is 5.26 Å². The molecule has 0 aliphatic rings. The smallest absolute Gasteiger partial charge is 0.311 e. The molecule has 0 fully saturated rings. The van der Waals surface area contributed by atoms with E-state index in [9.17, 15) is 20.2 Å². The van der Waals surface area contributed by atoms with Crippen LogP contribution in [0.15, 0.2) is 75.0 Å². The summed E-state index contributed by atoms with van der Waals surface area (Å²) >= 11 is 3.35. The summed E-state index contributed by atoms with van der Waals surface area (Å²) in [5.74, 6) is 0.332. The Hall–Kier alpha value is -4.36. The Morgan fingerprint density at radius 2 is 2.03 bits per heavy atom. The van der Waals surface area contributed by atoms with Crippen molar-refractivity contribution in [2.45, 2.75) is 13.5 Å². The summed E-state index contributed by atoms with van der Waals surface area (Å²) < 4.78 is 7.65. The second-order valence-electron chi connectivity index (χ2n) is 7.19. The maximum Gasteiger partial charge on any atom is 0.311 e. The Balaban J connectivity index is 1.76. The number of halogens is 1. The third kappa shape index (κ3) is 4.55. The van der Waals surface area contributed by atoms with Crippen molar-refractivity contribution in [1.82, 2.24) is 9.66 Å². The van der Waals surface area contributed by atoms with E-state index >= 15 is 0 Å². The fraction of sp³-hybridized carbons (Fsp3) is 0.0833. The van der Waals surface area contributed by atoms with Crippen molar-refractivity contribution in [3.63, 3.8) is 0 Å². The number of benzene rings is 3. The van der Waals surface area contributed by atoms with Gasteiger partial charge < -0.3 is 4.74 Å². The van der Waals surface area contributed by atoms with Crippen LogP contribution in [0.4, 0.5) is 5.69 Å². The fourth-order valence-electron chi connectivity index (χ4n) is 3.37. The van der Waals surface area contributed by atoms with Crippen molar-refractivity contribution < 1.29 is 9.66 Å². The van der Waals surface area contributed by atoms with Gasteiger partial charge in [0, 0.05) is 21.7 Å². The summed E-state index contributed by atoms with van der Waals surface area (Å²) in [4.78, 5) is 28.5. The molecule has 34 heavy (non-hydrogen) atoms. The number of rotatable bonds is 6. The van der Waals surface area contributed by atoms with Crippen molar-refractivity contribution >= 4 is 38.7 Å². The zero-order valence-corrected chi connectivity index (χ0v) is 19.4. The standard InChI is InChI=1S/C24H16BrN5O4/c1-15-28-21-10-9-19(25)11-20(21)24(31)29(15)27-13-17-7-4-8-22(30(32)33)23(17)34-14-18-6-3-2-5-16(18)12-26/h2-11,13H,14H2,1H3. The molecule has 0 atom stereocenters. The van der Waals surface area contributed by atoms with Crippen LogP contribution < -0.4 is 10.3 Å². The number of nitro benzene ring substituents is 1. The van der Waals surface area contributed by atoms with Crippen molar-refractivity contribution in [3.05, 3.63) is 108 Å². The minimum atomic E-state index is -0.560. The molecule has 0 unspecified atom stereocenters. The molecular formula is C24H16BrN5O4. The number of hydrogen-bond donors (Lipinski definition) is 0. The average molecular weight is 518 g/mol. The van der Waals surface area contributed by atoms with Gasteiger partial charge in [0.1, 0.15) is 12.4 Å². The van der Waals surface area contributed by atoms with Gasteiger partial charge in [0.2, 0.25) is 5.75 Å². The normalized spacial score (nSPS) is 11.0. The Morgan fingerprint density at radius 1 is 1.24 bits per heavy atom. The summed E-state index contributed by atoms with van der Waals surface area (Å²) in [5.41, 5.74) is 1.19. The minimum absolute atomic E-state index is 0.0220. The van der Waals surface area contributed by atoms with Gasteiger partial charge >= 0.3 is 5.69 Å². The van der Waals surface area contributed by atoms with E-state index in [0.29, 0.717) is 33.4 Å². The number of para-hydroxylation sites is 1. The van der Waals surface area contributed by atoms with Crippen molar-refractivity contribution in [2.75, 3.05) is 0 Å². The highest BCUT2D eigenvalue weighted by Gasteiger charge is 2.19. The molecular weight excluding hydrogens is 502 g/mol. The molecule has 0 saturated heterocycles. The van der Waals surface area contributed by atoms with Gasteiger partial charge in [-0.3, -0.25) is 14.9 Å². The zero-order valence-electron chi connectivity index (χ0n) is 17.8. The number of hydrogen-bond acceptors (Lipinski definition) is 7. The second kappa shape index (κ2) is 9.64. The molecule has 3 aromatic carbocycles. The summed E-state index contributed by atoms with van der Waals surface area (Å²) in [7, 11) is 0. The van der Waals surface area contributed by atoms with Crippen LogP contribution in [0.25, 0.3) is 10.9 Å². The monoisotopic (exact) mass is 517 g/mol. The lowest BCUT2D eigenvalue weighted by Crippen LogP contribution is -2.20. The van der Waals surface area contributed by atoms with Gasteiger partial charge in [-0.2, -0.15) is 15.0 Å². The van der Waals surface area contributed by atoms with Gasteiger partial charge in [0.25, 0.3) is 5.56 Å². The highest BCUT2D eigenvalue weighted by Crippen LogP contribution is 2.31. The van der Waals surface area contributed by atoms with E-state index < -0.39 is 4.92 Å². The summed E-state index contributed by atoms with van der Waals surface area (Å²) in [5, 5.41) is 25.5. The van der Waals surface area contributed by atoms with E-state index in [-0.39, 0.29) is 23.6 Å². The molecule has 0 bridgehead atoms. The van der Waals surface area contributed by atoms with Crippen LogP contribution in [0, 0.1) is 28.4 Å². The molecule has 9 nitrogen and oxygen atoms in total. The summed E-state index contributed by atoms with van der Waals surface area (Å²) in [6.45, 7) is 1.59. The molecule has 0 N–H and O–H groups in total. The molecule has 10 heteroatoms. The third-order valence-corrected chi connectivity index (χ3v) is 5.51. The number of ether oxygens (including phenoxy) is 1. The first kappa shape index (κ1) is 22.8. The molecule has 0 saturated carbocycles. The Morgan fingerprint density at radius 3 is 2.79 bits per heavy atom. The maximum absolute atomic E-state index is 13.0. The van der Waals surface area contributed by atoms with Crippen LogP contribution in [-0.4, -0.2) is 20.8 Å². The second-order valence-corrected chi connectivity index (χ2v) is 8.11. The molecule has 4 aromatic rings. The molecule has 168 valence electrons. The number of aryl methyl sites for hydroxylation is 1. The number of fused-ring (bicyclic) bond motifs is 1. The first-order chi connectivity index (χ1) is 16.4. The predicted molar refractivity (Wildman–Crippen MR) is 130 cm³/mol. The zero-order chi connectivity index (χ0) is 24.2. The van der Waals surface area contributed by atoms with Crippen LogP contribution in [-0.2, 0) is 6.61 Å². The van der Waals surface area contributed by atoms with E-state index in [2.05, 4.69) is 32.1 Å². The highest BCUT2D eigenvalue weighted by molar-refractivity contribution is 9.10. The highest BCUT2D eigenvalue weighted by atomic mass is 79.9. The molecule has 1 aromatic heterocycles. The first-order valence-corrected chi connectivity index (χ1v) is 10.8. The van der Waals surface area contributed by atoms with Crippen molar-refractivity contribution in [3.8, 4) is 11.8 Å². The maximum atomic E-state index is 13.0. The van der Waals surface area contributed by atoms with Gasteiger partial charge in [-0.1, -0.05) is 40.2 Å². The van der Waals surface area contributed by atoms with Crippen LogP contribution in [0.5, 0.6) is 5.75 Å². The number of nitrogens with zero attached hydrogens (tertiary/aromatic N) is 5. The van der Waals surface area contributed by atoms with Gasteiger partial charge in [0.15, 0.2) is 0 Å².